The van der Waals surface area contributed by atoms with Crippen LogP contribution in [0.25, 0.3) is 0 Å². The third-order valence-electron chi connectivity index (χ3n) is 3.90. The lowest BCUT2D eigenvalue weighted by atomic mass is 10.1. The van der Waals surface area contributed by atoms with E-state index < -0.39 is 6.10 Å². The summed E-state index contributed by atoms with van der Waals surface area (Å²) in [7, 11) is 0. The quantitative estimate of drug-likeness (QED) is 0.374. The molecule has 0 amide bonds. The first-order valence-electron chi connectivity index (χ1n) is 9.06. The lowest BCUT2D eigenvalue weighted by Crippen LogP contribution is -2.38. The molecule has 134 valence electrons. The van der Waals surface area contributed by atoms with Crippen LogP contribution >= 0.6 is 0 Å². The maximum atomic E-state index is 10.2. The van der Waals surface area contributed by atoms with Gasteiger partial charge in [0.1, 0.15) is 0 Å². The number of guanidine groups is 1. The second kappa shape index (κ2) is 11.3. The van der Waals surface area contributed by atoms with Crippen molar-refractivity contribution in [3.63, 3.8) is 0 Å². The van der Waals surface area contributed by atoms with Crippen LogP contribution in [-0.2, 0) is 12.8 Å². The molecule has 0 aromatic heterocycles. The minimum absolute atomic E-state index is 0.392. The second-order valence-electron chi connectivity index (χ2n) is 6.08. The summed E-state index contributed by atoms with van der Waals surface area (Å²) in [4.78, 5) is 4.50. The Kier molecular flexibility index (Phi) is 8.56. The first kappa shape index (κ1) is 19.0. The number of rotatable bonds is 9. The molecule has 1 unspecified atom stereocenters. The van der Waals surface area contributed by atoms with Gasteiger partial charge in [0.25, 0.3) is 0 Å². The van der Waals surface area contributed by atoms with Crippen LogP contribution in [0.4, 0.5) is 0 Å². The Labute approximate surface area is 151 Å². The predicted octanol–water partition coefficient (Wildman–Crippen LogP) is 2.78. The fourth-order valence-electron chi connectivity index (χ4n) is 2.63. The number of hydrogen-bond donors (Lipinski definition) is 3. The van der Waals surface area contributed by atoms with E-state index in [1.165, 1.54) is 5.56 Å². The molecule has 3 N–H and O–H groups in total. The average Bonchev–Trinajstić information content (AvgIpc) is 2.65. The zero-order valence-corrected chi connectivity index (χ0v) is 15.0. The third-order valence-corrected chi connectivity index (χ3v) is 3.90. The van der Waals surface area contributed by atoms with Crippen LogP contribution in [0.1, 0.15) is 24.5 Å². The van der Waals surface area contributed by atoms with Crippen LogP contribution in [0.15, 0.2) is 65.7 Å². The SMILES string of the molecule is CCNC(=NCC(O)Cc1ccccc1)NCCCc1ccccc1. The smallest absolute Gasteiger partial charge is 0.191 e. The van der Waals surface area contributed by atoms with Gasteiger partial charge in [-0.15, -0.1) is 0 Å². The molecule has 4 nitrogen and oxygen atoms in total. The first-order chi connectivity index (χ1) is 12.3. The maximum absolute atomic E-state index is 10.2. The van der Waals surface area contributed by atoms with E-state index in [1.54, 1.807) is 0 Å². The van der Waals surface area contributed by atoms with E-state index in [0.29, 0.717) is 13.0 Å². The molecule has 4 heteroatoms. The molecule has 2 aromatic rings. The van der Waals surface area contributed by atoms with E-state index >= 15 is 0 Å². The Balaban J connectivity index is 1.73. The summed E-state index contributed by atoms with van der Waals surface area (Å²) in [5, 5.41) is 16.7. The maximum Gasteiger partial charge on any atom is 0.191 e. The summed E-state index contributed by atoms with van der Waals surface area (Å²) in [6, 6.07) is 20.5. The molecule has 0 fully saturated rings. The van der Waals surface area contributed by atoms with Crippen molar-refractivity contribution in [2.75, 3.05) is 19.6 Å². The van der Waals surface area contributed by atoms with Crippen molar-refractivity contribution < 1.29 is 5.11 Å². The Morgan fingerprint density at radius 3 is 2.24 bits per heavy atom. The predicted molar refractivity (Wildman–Crippen MR) is 105 cm³/mol. The number of aliphatic hydroxyl groups excluding tert-OH is 1. The van der Waals surface area contributed by atoms with Gasteiger partial charge < -0.3 is 15.7 Å². The molecule has 1 atom stereocenters. The van der Waals surface area contributed by atoms with Crippen molar-refractivity contribution >= 4 is 5.96 Å². The Morgan fingerprint density at radius 1 is 0.960 bits per heavy atom. The molecule has 0 aliphatic heterocycles. The summed E-state index contributed by atoms with van der Waals surface area (Å²) >= 11 is 0. The lowest BCUT2D eigenvalue weighted by Gasteiger charge is -2.13. The Morgan fingerprint density at radius 2 is 1.60 bits per heavy atom. The molecule has 0 saturated heterocycles. The number of hydrogen-bond acceptors (Lipinski definition) is 2. The summed E-state index contributed by atoms with van der Waals surface area (Å²) in [6.07, 6.45) is 2.24. The minimum Gasteiger partial charge on any atom is -0.391 e. The average molecular weight is 339 g/mol. The van der Waals surface area contributed by atoms with Gasteiger partial charge in [-0.25, -0.2) is 0 Å². The summed E-state index contributed by atoms with van der Waals surface area (Å²) in [6.45, 7) is 4.10. The van der Waals surface area contributed by atoms with Crippen LogP contribution in [0.2, 0.25) is 0 Å². The van der Waals surface area contributed by atoms with Gasteiger partial charge in [0.05, 0.1) is 12.6 Å². The molecule has 2 aromatic carbocycles. The lowest BCUT2D eigenvalue weighted by molar-refractivity contribution is 0.183. The fraction of sp³-hybridized carbons (Fsp3) is 0.381. The molecule has 2 rings (SSSR count). The van der Waals surface area contributed by atoms with E-state index in [4.69, 9.17) is 0 Å². The molecular formula is C21H29N3O. The van der Waals surface area contributed by atoms with Crippen LogP contribution in [0.5, 0.6) is 0 Å². The van der Waals surface area contributed by atoms with Gasteiger partial charge >= 0.3 is 0 Å². The number of nitrogens with zero attached hydrogens (tertiary/aromatic N) is 1. The number of aryl methyl sites for hydroxylation is 1. The van der Waals surface area contributed by atoms with Gasteiger partial charge in [-0.05, 0) is 30.9 Å². The van der Waals surface area contributed by atoms with E-state index in [1.807, 2.05) is 43.3 Å². The van der Waals surface area contributed by atoms with Gasteiger partial charge in [-0.2, -0.15) is 0 Å². The largest absolute Gasteiger partial charge is 0.391 e. The Bertz CT molecular complexity index is 614. The number of aliphatic hydroxyl groups is 1. The van der Waals surface area contributed by atoms with Crippen molar-refractivity contribution in [1.82, 2.24) is 10.6 Å². The molecule has 0 aliphatic rings. The molecule has 0 radical (unpaired) electrons. The standard InChI is InChI=1S/C21H29N3O/c1-2-22-21(23-15-9-14-18-10-5-3-6-11-18)24-17-20(25)16-19-12-7-4-8-13-19/h3-8,10-13,20,25H,2,9,14-17H2,1H3,(H2,22,23,24). The van der Waals surface area contributed by atoms with Gasteiger partial charge in [0.2, 0.25) is 0 Å². The van der Waals surface area contributed by atoms with Gasteiger partial charge in [-0.1, -0.05) is 60.7 Å². The zero-order chi connectivity index (χ0) is 17.7. The van der Waals surface area contributed by atoms with Gasteiger partial charge in [0, 0.05) is 19.5 Å². The van der Waals surface area contributed by atoms with Crippen molar-refractivity contribution in [2.24, 2.45) is 4.99 Å². The third kappa shape index (κ3) is 7.86. The second-order valence-corrected chi connectivity index (χ2v) is 6.08. The van der Waals surface area contributed by atoms with Crippen LogP contribution in [0.3, 0.4) is 0 Å². The fourth-order valence-corrected chi connectivity index (χ4v) is 2.63. The number of nitrogens with one attached hydrogen (secondary N) is 2. The van der Waals surface area contributed by atoms with Crippen molar-refractivity contribution in [3.8, 4) is 0 Å². The van der Waals surface area contributed by atoms with Crippen molar-refractivity contribution in [3.05, 3.63) is 71.8 Å². The van der Waals surface area contributed by atoms with Crippen LogP contribution < -0.4 is 10.6 Å². The van der Waals surface area contributed by atoms with Crippen molar-refractivity contribution in [1.29, 1.82) is 0 Å². The minimum atomic E-state index is -0.470. The molecule has 0 spiro atoms. The highest BCUT2D eigenvalue weighted by Gasteiger charge is 2.05. The monoisotopic (exact) mass is 339 g/mol. The van der Waals surface area contributed by atoms with E-state index in [-0.39, 0.29) is 0 Å². The summed E-state index contributed by atoms with van der Waals surface area (Å²) in [5.74, 6) is 0.766. The highest BCUT2D eigenvalue weighted by molar-refractivity contribution is 5.79. The normalized spacial score (nSPS) is 12.6. The molecule has 0 saturated carbocycles. The van der Waals surface area contributed by atoms with E-state index in [2.05, 4.69) is 39.9 Å². The van der Waals surface area contributed by atoms with Crippen LogP contribution in [-0.4, -0.2) is 36.8 Å². The van der Waals surface area contributed by atoms with E-state index in [9.17, 15) is 5.11 Å². The number of benzene rings is 2. The molecule has 0 aliphatic carbocycles. The topological polar surface area (TPSA) is 56.7 Å². The van der Waals surface area contributed by atoms with Gasteiger partial charge in [-0.3, -0.25) is 4.99 Å². The number of aliphatic imine (C=N–C) groups is 1. The van der Waals surface area contributed by atoms with Crippen molar-refractivity contribution in [2.45, 2.75) is 32.3 Å². The molecular weight excluding hydrogens is 310 g/mol. The van der Waals surface area contributed by atoms with E-state index in [0.717, 1.165) is 37.5 Å². The first-order valence-corrected chi connectivity index (χ1v) is 9.06. The van der Waals surface area contributed by atoms with Crippen LogP contribution in [0, 0.1) is 0 Å². The van der Waals surface area contributed by atoms with Gasteiger partial charge in [0.15, 0.2) is 5.96 Å². The highest BCUT2D eigenvalue weighted by Crippen LogP contribution is 2.03. The summed E-state index contributed by atoms with van der Waals surface area (Å²) in [5.41, 5.74) is 2.48. The summed E-state index contributed by atoms with van der Waals surface area (Å²) < 4.78 is 0. The Hall–Kier alpha value is -2.33. The zero-order valence-electron chi connectivity index (χ0n) is 15.0. The highest BCUT2D eigenvalue weighted by atomic mass is 16.3. The molecule has 25 heavy (non-hydrogen) atoms. The molecule has 0 bridgehead atoms. The molecule has 0 heterocycles.